The maximum atomic E-state index is 5.57. The first-order valence-electron chi connectivity index (χ1n) is 8.53. The van der Waals surface area contributed by atoms with Crippen molar-refractivity contribution < 1.29 is 4.42 Å². The lowest BCUT2D eigenvalue weighted by molar-refractivity contribution is 0.315. The van der Waals surface area contributed by atoms with Crippen molar-refractivity contribution in [1.29, 1.82) is 0 Å². The second-order valence-corrected chi connectivity index (χ2v) is 6.83. The lowest BCUT2D eigenvalue weighted by Gasteiger charge is -2.22. The number of hydrogen-bond acceptors (Lipinski definition) is 3. The number of halogens is 1. The molecule has 0 aliphatic heterocycles. The van der Waals surface area contributed by atoms with Crippen molar-refractivity contribution in [3.8, 4) is 0 Å². The molecule has 0 amide bonds. The summed E-state index contributed by atoms with van der Waals surface area (Å²) in [4.78, 5) is 8.64. The van der Waals surface area contributed by atoms with Gasteiger partial charge in [-0.05, 0) is 57.3 Å². The molecule has 2 saturated carbocycles. The van der Waals surface area contributed by atoms with Crippen molar-refractivity contribution in [2.24, 2.45) is 22.7 Å². The second-order valence-electron chi connectivity index (χ2n) is 6.83. The van der Waals surface area contributed by atoms with E-state index in [1.54, 1.807) is 7.05 Å². The minimum atomic E-state index is 0. The van der Waals surface area contributed by atoms with E-state index in [1.165, 1.54) is 32.1 Å². The Morgan fingerprint density at radius 3 is 2.65 bits per heavy atom. The van der Waals surface area contributed by atoms with Crippen molar-refractivity contribution >= 4 is 29.9 Å². The number of nitrogens with zero attached hydrogens (tertiary/aromatic N) is 2. The number of nitrogens with one attached hydrogen (secondary N) is 2. The lowest BCUT2D eigenvalue weighted by Crippen LogP contribution is -2.38. The average molecular weight is 432 g/mol. The molecule has 1 aromatic rings. The van der Waals surface area contributed by atoms with Crippen molar-refractivity contribution in [2.45, 2.75) is 52.5 Å². The van der Waals surface area contributed by atoms with Crippen LogP contribution in [0, 0.1) is 31.6 Å². The molecule has 2 aliphatic rings. The van der Waals surface area contributed by atoms with Gasteiger partial charge in [0.2, 0.25) is 5.89 Å². The van der Waals surface area contributed by atoms with Gasteiger partial charge in [0.25, 0.3) is 0 Å². The van der Waals surface area contributed by atoms with E-state index in [0.29, 0.717) is 12.4 Å². The maximum absolute atomic E-state index is 5.57. The first kappa shape index (κ1) is 18.5. The monoisotopic (exact) mass is 432 g/mol. The quantitative estimate of drug-likeness (QED) is 0.426. The van der Waals surface area contributed by atoms with Crippen LogP contribution in [0.15, 0.2) is 9.41 Å². The highest BCUT2D eigenvalue weighted by atomic mass is 127. The van der Waals surface area contributed by atoms with Gasteiger partial charge in [-0.2, -0.15) is 0 Å². The van der Waals surface area contributed by atoms with E-state index in [-0.39, 0.29) is 24.0 Å². The van der Waals surface area contributed by atoms with Crippen LogP contribution in [-0.2, 0) is 6.54 Å². The van der Waals surface area contributed by atoms with Crippen LogP contribution < -0.4 is 10.6 Å². The number of hydrogen-bond donors (Lipinski definition) is 2. The summed E-state index contributed by atoms with van der Waals surface area (Å²) in [6.45, 7) is 5.47. The minimum absolute atomic E-state index is 0. The summed E-state index contributed by atoms with van der Waals surface area (Å²) in [6.07, 6.45) is 7.14. The van der Waals surface area contributed by atoms with Crippen LogP contribution in [-0.4, -0.2) is 24.5 Å². The third kappa shape index (κ3) is 4.61. The number of aromatic nitrogens is 1. The van der Waals surface area contributed by atoms with Crippen LogP contribution >= 0.6 is 24.0 Å². The third-order valence-corrected chi connectivity index (χ3v) is 5.40. The van der Waals surface area contributed by atoms with E-state index in [9.17, 15) is 0 Å². The maximum Gasteiger partial charge on any atom is 0.214 e. The molecule has 2 bridgehead atoms. The Morgan fingerprint density at radius 1 is 1.26 bits per heavy atom. The Kier molecular flexibility index (Phi) is 6.73. The number of guanidine groups is 1. The molecule has 6 heteroatoms. The van der Waals surface area contributed by atoms with Crippen molar-refractivity contribution in [3.63, 3.8) is 0 Å². The Balaban J connectivity index is 0.00000192. The van der Waals surface area contributed by atoms with Gasteiger partial charge >= 0.3 is 0 Å². The molecule has 3 rings (SSSR count). The van der Waals surface area contributed by atoms with E-state index < -0.39 is 0 Å². The van der Waals surface area contributed by atoms with E-state index in [2.05, 4.69) is 20.6 Å². The minimum Gasteiger partial charge on any atom is -0.444 e. The number of rotatable bonds is 5. The zero-order valence-electron chi connectivity index (χ0n) is 14.4. The predicted octanol–water partition coefficient (Wildman–Crippen LogP) is 3.40. The van der Waals surface area contributed by atoms with Gasteiger partial charge in [-0.3, -0.25) is 4.99 Å². The number of aliphatic imine (C=N–C) groups is 1. The molecule has 3 atom stereocenters. The van der Waals surface area contributed by atoms with Gasteiger partial charge in [0.15, 0.2) is 5.96 Å². The van der Waals surface area contributed by atoms with Gasteiger partial charge in [0.05, 0.1) is 12.2 Å². The molecular formula is C17H29IN4O. The highest BCUT2D eigenvalue weighted by Gasteiger charge is 2.38. The summed E-state index contributed by atoms with van der Waals surface area (Å²) >= 11 is 0. The molecule has 23 heavy (non-hydrogen) atoms. The molecule has 0 saturated heterocycles. The Morgan fingerprint density at radius 2 is 2.09 bits per heavy atom. The molecule has 0 radical (unpaired) electrons. The van der Waals surface area contributed by atoms with E-state index >= 15 is 0 Å². The van der Waals surface area contributed by atoms with Crippen LogP contribution in [0.2, 0.25) is 0 Å². The lowest BCUT2D eigenvalue weighted by atomic mass is 9.86. The SMILES string of the molecule is CN=C(NCCC1CC2CCC1C2)NCc1nc(C)c(C)o1.I. The molecule has 2 fully saturated rings. The highest BCUT2D eigenvalue weighted by molar-refractivity contribution is 14.0. The zero-order valence-corrected chi connectivity index (χ0v) is 16.7. The van der Waals surface area contributed by atoms with Crippen LogP contribution in [0.4, 0.5) is 0 Å². The molecule has 0 aromatic carbocycles. The van der Waals surface area contributed by atoms with Crippen LogP contribution in [0.1, 0.15) is 49.4 Å². The Hall–Kier alpha value is -0.790. The van der Waals surface area contributed by atoms with Gasteiger partial charge < -0.3 is 15.1 Å². The van der Waals surface area contributed by atoms with E-state index in [0.717, 1.165) is 41.7 Å². The van der Waals surface area contributed by atoms with Crippen molar-refractivity contribution in [1.82, 2.24) is 15.6 Å². The number of oxazole rings is 1. The smallest absolute Gasteiger partial charge is 0.214 e. The first-order valence-corrected chi connectivity index (χ1v) is 8.53. The van der Waals surface area contributed by atoms with Gasteiger partial charge in [-0.1, -0.05) is 6.42 Å². The molecule has 0 spiro atoms. The summed E-state index contributed by atoms with van der Waals surface area (Å²) in [5.41, 5.74) is 0.955. The van der Waals surface area contributed by atoms with Gasteiger partial charge in [-0.15, -0.1) is 24.0 Å². The number of aryl methyl sites for hydroxylation is 2. The molecule has 5 nitrogen and oxygen atoms in total. The predicted molar refractivity (Wildman–Crippen MR) is 103 cm³/mol. The summed E-state index contributed by atoms with van der Waals surface area (Å²) in [7, 11) is 1.80. The summed E-state index contributed by atoms with van der Waals surface area (Å²) in [6, 6.07) is 0. The first-order chi connectivity index (χ1) is 10.7. The largest absolute Gasteiger partial charge is 0.444 e. The summed E-state index contributed by atoms with van der Waals surface area (Å²) < 4.78 is 5.57. The number of fused-ring (bicyclic) bond motifs is 2. The molecule has 1 aromatic heterocycles. The van der Waals surface area contributed by atoms with E-state index in [1.807, 2.05) is 13.8 Å². The van der Waals surface area contributed by atoms with Gasteiger partial charge in [-0.25, -0.2) is 4.98 Å². The van der Waals surface area contributed by atoms with Crippen LogP contribution in [0.3, 0.4) is 0 Å². The van der Waals surface area contributed by atoms with Crippen molar-refractivity contribution in [3.05, 3.63) is 17.3 Å². The topological polar surface area (TPSA) is 62.5 Å². The van der Waals surface area contributed by atoms with Crippen LogP contribution in [0.25, 0.3) is 0 Å². The molecule has 130 valence electrons. The van der Waals surface area contributed by atoms with Gasteiger partial charge in [0, 0.05) is 13.6 Å². The van der Waals surface area contributed by atoms with Crippen molar-refractivity contribution in [2.75, 3.05) is 13.6 Å². The summed E-state index contributed by atoms with van der Waals surface area (Å²) in [5, 5.41) is 6.69. The fourth-order valence-electron chi connectivity index (χ4n) is 4.10. The average Bonchev–Trinajstić information content (AvgIpc) is 3.19. The normalized spacial score (nSPS) is 26.2. The molecule has 3 unspecified atom stereocenters. The van der Waals surface area contributed by atoms with E-state index in [4.69, 9.17) is 4.42 Å². The fourth-order valence-corrected chi connectivity index (χ4v) is 4.10. The summed E-state index contributed by atoms with van der Waals surface area (Å²) in [5.74, 6) is 5.39. The van der Waals surface area contributed by atoms with Gasteiger partial charge in [0.1, 0.15) is 5.76 Å². The molecular weight excluding hydrogens is 403 g/mol. The second kappa shape index (κ2) is 8.35. The third-order valence-electron chi connectivity index (χ3n) is 5.40. The Labute approximate surface area is 156 Å². The molecule has 2 N–H and O–H groups in total. The Bertz CT molecular complexity index is 523. The molecule has 2 aliphatic carbocycles. The standard InChI is InChI=1S/C17H28N4O.HI/c1-11-12(2)22-16(21-11)10-20-17(18-3)19-7-6-15-9-13-4-5-14(15)8-13;/h13-15H,4-10H2,1-3H3,(H2,18,19,20);1H. The van der Waals surface area contributed by atoms with Crippen LogP contribution in [0.5, 0.6) is 0 Å². The molecule has 1 heterocycles. The zero-order chi connectivity index (χ0) is 15.5. The fraction of sp³-hybridized carbons (Fsp3) is 0.765. The highest BCUT2D eigenvalue weighted by Crippen LogP contribution is 2.49.